The van der Waals surface area contributed by atoms with Crippen molar-refractivity contribution >= 4 is 49.0 Å². The summed E-state index contributed by atoms with van der Waals surface area (Å²) in [5.41, 5.74) is 7.30. The van der Waals surface area contributed by atoms with Gasteiger partial charge in [0.2, 0.25) is 5.52 Å². The molecule has 3 aromatic heterocycles. The first-order valence-electron chi connectivity index (χ1n) is 11.8. The van der Waals surface area contributed by atoms with Crippen molar-refractivity contribution in [3.05, 3.63) is 71.7 Å². The Hall–Kier alpha value is -3.20. The second-order valence-corrected chi connectivity index (χ2v) is 9.86. The van der Waals surface area contributed by atoms with E-state index in [0.717, 1.165) is 23.2 Å². The van der Waals surface area contributed by atoms with E-state index >= 15 is 0 Å². The molecule has 32 heavy (non-hydrogen) atoms. The number of nitrogens with zero attached hydrogens (tertiary/aromatic N) is 2. The van der Waals surface area contributed by atoms with E-state index in [-0.39, 0.29) is 5.82 Å². The van der Waals surface area contributed by atoms with Gasteiger partial charge in [-0.05, 0) is 60.0 Å². The average molecular weight is 422 g/mol. The maximum Gasteiger partial charge on any atom is 0.224 e. The minimum atomic E-state index is -0.183. The average Bonchev–Trinajstić information content (AvgIpc) is 3.40. The third-order valence-electron chi connectivity index (χ3n) is 7.85. The van der Waals surface area contributed by atoms with Crippen molar-refractivity contribution < 1.29 is 8.96 Å². The highest BCUT2D eigenvalue weighted by molar-refractivity contribution is 6.25. The van der Waals surface area contributed by atoms with Crippen LogP contribution in [0.1, 0.15) is 36.8 Å². The molecule has 0 unspecified atom stereocenters. The second kappa shape index (κ2) is 6.41. The molecule has 0 aliphatic heterocycles. The zero-order valence-corrected chi connectivity index (χ0v) is 18.6. The molecular formula is C29H26FN2+. The number of pyridine rings is 2. The molecular weight excluding hydrogens is 395 g/mol. The van der Waals surface area contributed by atoms with Crippen molar-refractivity contribution in [3.63, 3.8) is 0 Å². The summed E-state index contributed by atoms with van der Waals surface area (Å²) in [7, 11) is 2.14. The van der Waals surface area contributed by atoms with Crippen LogP contribution >= 0.6 is 0 Å². The normalized spacial score (nSPS) is 15.5. The molecule has 0 N–H and O–H groups in total. The number of benzene rings is 3. The summed E-state index contributed by atoms with van der Waals surface area (Å²) in [4.78, 5) is 0. The van der Waals surface area contributed by atoms with Crippen LogP contribution in [0.5, 0.6) is 0 Å². The summed E-state index contributed by atoms with van der Waals surface area (Å²) >= 11 is 0. The van der Waals surface area contributed by atoms with Crippen molar-refractivity contribution in [1.82, 2.24) is 4.40 Å². The van der Waals surface area contributed by atoms with Gasteiger partial charge in [-0.15, -0.1) is 0 Å². The van der Waals surface area contributed by atoms with Crippen molar-refractivity contribution in [1.29, 1.82) is 0 Å². The van der Waals surface area contributed by atoms with Gasteiger partial charge in [0, 0.05) is 16.8 Å². The van der Waals surface area contributed by atoms with Crippen molar-refractivity contribution in [2.24, 2.45) is 13.0 Å². The van der Waals surface area contributed by atoms with Crippen LogP contribution in [-0.2, 0) is 13.5 Å². The Morgan fingerprint density at radius 3 is 2.59 bits per heavy atom. The highest BCUT2D eigenvalue weighted by Gasteiger charge is 2.25. The van der Waals surface area contributed by atoms with Crippen molar-refractivity contribution in [2.45, 2.75) is 39.0 Å². The predicted molar refractivity (Wildman–Crippen MR) is 130 cm³/mol. The number of aromatic nitrogens is 2. The molecule has 1 fully saturated rings. The van der Waals surface area contributed by atoms with Gasteiger partial charge in [0.05, 0.1) is 27.3 Å². The molecule has 1 aliphatic rings. The van der Waals surface area contributed by atoms with E-state index in [1.165, 1.54) is 74.9 Å². The summed E-state index contributed by atoms with van der Waals surface area (Å²) in [6.07, 6.45) is 8.73. The fourth-order valence-corrected chi connectivity index (χ4v) is 6.41. The van der Waals surface area contributed by atoms with Gasteiger partial charge in [-0.2, -0.15) is 0 Å². The van der Waals surface area contributed by atoms with Crippen LogP contribution < -0.4 is 4.57 Å². The Kier molecular flexibility index (Phi) is 3.68. The van der Waals surface area contributed by atoms with Crippen LogP contribution in [0.4, 0.5) is 4.39 Å². The topological polar surface area (TPSA) is 8.29 Å². The highest BCUT2D eigenvalue weighted by Crippen LogP contribution is 2.41. The smallest absolute Gasteiger partial charge is 0.224 e. The zero-order chi connectivity index (χ0) is 21.6. The van der Waals surface area contributed by atoms with Gasteiger partial charge in [-0.3, -0.25) is 0 Å². The minimum absolute atomic E-state index is 0.183. The third kappa shape index (κ3) is 2.37. The summed E-state index contributed by atoms with van der Waals surface area (Å²) < 4.78 is 19.1. The quantitative estimate of drug-likeness (QED) is 0.162. The molecule has 1 saturated carbocycles. The predicted octanol–water partition coefficient (Wildman–Crippen LogP) is 6.99. The van der Waals surface area contributed by atoms with E-state index < -0.39 is 0 Å². The summed E-state index contributed by atoms with van der Waals surface area (Å²) in [5.74, 6) is 0.605. The van der Waals surface area contributed by atoms with Crippen LogP contribution in [0.3, 0.4) is 0 Å². The SMILES string of the molecule is Cc1ccc2c3ccc(F)cc3n3c4cc(CC5CCCC5)cc5cc[n+](C)c(c1c23)c54. The zero-order valence-electron chi connectivity index (χ0n) is 18.6. The molecule has 0 atom stereocenters. The summed E-state index contributed by atoms with van der Waals surface area (Å²) in [6, 6.07) is 16.7. The fourth-order valence-electron chi connectivity index (χ4n) is 6.41. The monoisotopic (exact) mass is 421 g/mol. The maximum absolute atomic E-state index is 14.5. The van der Waals surface area contributed by atoms with E-state index in [1.54, 1.807) is 12.1 Å². The first kappa shape index (κ1) is 18.4. The Labute approximate surface area is 186 Å². The number of rotatable bonds is 2. The van der Waals surface area contributed by atoms with E-state index in [2.05, 4.69) is 59.5 Å². The molecule has 0 bridgehead atoms. The lowest BCUT2D eigenvalue weighted by Crippen LogP contribution is -2.29. The number of halogens is 1. The molecule has 158 valence electrons. The third-order valence-corrected chi connectivity index (χ3v) is 7.85. The minimum Gasteiger partial charge on any atom is -0.307 e. The molecule has 1 aliphatic carbocycles. The van der Waals surface area contributed by atoms with Gasteiger partial charge < -0.3 is 4.40 Å². The lowest BCUT2D eigenvalue weighted by Gasteiger charge is -2.15. The molecule has 0 radical (unpaired) electrons. The Balaban J connectivity index is 1.74. The van der Waals surface area contributed by atoms with Crippen LogP contribution in [0.15, 0.2) is 54.7 Å². The molecule has 2 nitrogen and oxygen atoms in total. The molecule has 6 aromatic rings. The molecule has 0 saturated heterocycles. The number of fused-ring (bicyclic) bond motifs is 5. The molecule has 3 heteroatoms. The van der Waals surface area contributed by atoms with Crippen LogP contribution in [0, 0.1) is 18.7 Å². The second-order valence-electron chi connectivity index (χ2n) is 9.86. The van der Waals surface area contributed by atoms with Gasteiger partial charge in [-0.1, -0.05) is 43.9 Å². The van der Waals surface area contributed by atoms with Gasteiger partial charge >= 0.3 is 0 Å². The largest absolute Gasteiger partial charge is 0.307 e. The Bertz CT molecular complexity index is 1690. The van der Waals surface area contributed by atoms with Gasteiger partial charge in [0.1, 0.15) is 12.9 Å². The summed E-state index contributed by atoms with van der Waals surface area (Å²) in [5, 5.41) is 6.14. The molecule has 3 aromatic carbocycles. The van der Waals surface area contributed by atoms with Crippen molar-refractivity contribution in [2.75, 3.05) is 0 Å². The lowest BCUT2D eigenvalue weighted by molar-refractivity contribution is -0.643. The fraction of sp³-hybridized carbons (Fsp3) is 0.276. The number of aryl methyl sites for hydroxylation is 2. The van der Waals surface area contributed by atoms with E-state index in [4.69, 9.17) is 0 Å². The van der Waals surface area contributed by atoms with Gasteiger partial charge in [0.15, 0.2) is 6.20 Å². The molecule has 0 spiro atoms. The molecule has 0 amide bonds. The van der Waals surface area contributed by atoms with Gasteiger partial charge in [0.25, 0.3) is 0 Å². The molecule has 3 heterocycles. The standard InChI is InChI=1S/C29H26FN2/c1-17-7-9-23-22-10-8-21(30)16-24(22)32-25-15-19(13-18-5-3-4-6-18)14-20-11-12-31(2)29(27(20)25)26(17)28(23)32/h7-12,14-16,18H,3-6,13H2,1-2H3/q+1. The van der Waals surface area contributed by atoms with E-state index in [0.29, 0.717) is 0 Å². The highest BCUT2D eigenvalue weighted by atomic mass is 19.1. The van der Waals surface area contributed by atoms with Gasteiger partial charge in [-0.25, -0.2) is 8.96 Å². The van der Waals surface area contributed by atoms with Crippen LogP contribution in [0.25, 0.3) is 49.0 Å². The Morgan fingerprint density at radius 1 is 0.938 bits per heavy atom. The first-order valence-corrected chi connectivity index (χ1v) is 11.8. The number of hydrogen-bond donors (Lipinski definition) is 0. The Morgan fingerprint density at radius 2 is 1.75 bits per heavy atom. The van der Waals surface area contributed by atoms with E-state index in [9.17, 15) is 4.39 Å². The van der Waals surface area contributed by atoms with Crippen LogP contribution in [0.2, 0.25) is 0 Å². The summed E-state index contributed by atoms with van der Waals surface area (Å²) in [6.45, 7) is 2.19. The molecule has 7 rings (SSSR count). The van der Waals surface area contributed by atoms with Crippen molar-refractivity contribution in [3.8, 4) is 0 Å². The lowest BCUT2D eigenvalue weighted by atomic mass is 9.94. The first-order chi connectivity index (χ1) is 15.6. The maximum atomic E-state index is 14.5. The number of hydrogen-bond acceptors (Lipinski definition) is 0. The van der Waals surface area contributed by atoms with Crippen LogP contribution in [-0.4, -0.2) is 4.40 Å². The van der Waals surface area contributed by atoms with E-state index in [1.807, 2.05) is 6.07 Å².